The van der Waals surface area contributed by atoms with Gasteiger partial charge in [0, 0.05) is 30.7 Å². The number of nitrogens with zero attached hydrogens (tertiary/aromatic N) is 1. The van der Waals surface area contributed by atoms with E-state index in [1.165, 1.54) is 22.7 Å². The lowest BCUT2D eigenvalue weighted by atomic mass is 9.97. The number of aryl methyl sites for hydroxylation is 1. The molecule has 3 nitrogen and oxygen atoms in total. The lowest BCUT2D eigenvalue weighted by Crippen LogP contribution is -2.17. The Balaban J connectivity index is 1.81. The number of hydrogen-bond acceptors (Lipinski definition) is 4. The highest BCUT2D eigenvalue weighted by Crippen LogP contribution is 2.23. The van der Waals surface area contributed by atoms with Crippen molar-refractivity contribution < 1.29 is 4.74 Å². The van der Waals surface area contributed by atoms with Crippen molar-refractivity contribution in [3.63, 3.8) is 0 Å². The molecule has 4 heteroatoms. The standard InChI is InChI=1S/C12H20N2OS/c13-5-1-2-11-9-14-12(16-11)8-10-3-6-15-7-4-10/h9-10H,1-8,13H2. The van der Waals surface area contributed by atoms with E-state index in [1.54, 1.807) is 0 Å². The molecule has 0 atom stereocenters. The molecular formula is C12H20N2OS. The van der Waals surface area contributed by atoms with E-state index in [1.807, 2.05) is 17.5 Å². The third-order valence-corrected chi connectivity index (χ3v) is 4.11. The van der Waals surface area contributed by atoms with E-state index >= 15 is 0 Å². The van der Waals surface area contributed by atoms with Crippen molar-refractivity contribution >= 4 is 11.3 Å². The lowest BCUT2D eigenvalue weighted by Gasteiger charge is -2.20. The Kier molecular flexibility index (Phi) is 4.75. The van der Waals surface area contributed by atoms with Crippen LogP contribution in [-0.2, 0) is 17.6 Å². The molecule has 1 aliphatic heterocycles. The molecule has 0 spiro atoms. The molecule has 1 fully saturated rings. The van der Waals surface area contributed by atoms with Gasteiger partial charge in [-0.05, 0) is 38.1 Å². The third kappa shape index (κ3) is 3.54. The van der Waals surface area contributed by atoms with Crippen LogP contribution in [0.2, 0.25) is 0 Å². The van der Waals surface area contributed by atoms with Crippen LogP contribution in [0, 0.1) is 5.92 Å². The molecule has 1 saturated heterocycles. The van der Waals surface area contributed by atoms with E-state index in [-0.39, 0.29) is 0 Å². The van der Waals surface area contributed by atoms with Gasteiger partial charge in [0.15, 0.2) is 0 Å². The Morgan fingerprint density at radius 3 is 3.00 bits per heavy atom. The van der Waals surface area contributed by atoms with Gasteiger partial charge in [-0.25, -0.2) is 4.98 Å². The fourth-order valence-electron chi connectivity index (χ4n) is 2.03. The highest BCUT2D eigenvalue weighted by molar-refractivity contribution is 7.11. The second-order valence-electron chi connectivity index (χ2n) is 4.37. The molecule has 1 aliphatic rings. The van der Waals surface area contributed by atoms with Gasteiger partial charge < -0.3 is 10.5 Å². The van der Waals surface area contributed by atoms with Crippen LogP contribution in [0.15, 0.2) is 6.20 Å². The summed E-state index contributed by atoms with van der Waals surface area (Å²) in [6, 6.07) is 0. The monoisotopic (exact) mass is 240 g/mol. The zero-order valence-electron chi connectivity index (χ0n) is 9.65. The third-order valence-electron chi connectivity index (χ3n) is 3.03. The van der Waals surface area contributed by atoms with Crippen LogP contribution >= 0.6 is 11.3 Å². The zero-order valence-corrected chi connectivity index (χ0v) is 10.5. The van der Waals surface area contributed by atoms with Gasteiger partial charge in [-0.2, -0.15) is 0 Å². The molecule has 0 saturated carbocycles. The van der Waals surface area contributed by atoms with Crippen molar-refractivity contribution in [2.45, 2.75) is 32.1 Å². The second kappa shape index (κ2) is 6.33. The summed E-state index contributed by atoms with van der Waals surface area (Å²) in [5, 5.41) is 1.29. The number of ether oxygens (including phenoxy) is 1. The summed E-state index contributed by atoms with van der Waals surface area (Å²) in [6.45, 7) is 2.62. The predicted molar refractivity (Wildman–Crippen MR) is 66.7 cm³/mol. The van der Waals surface area contributed by atoms with Crippen molar-refractivity contribution in [2.24, 2.45) is 11.7 Å². The summed E-state index contributed by atoms with van der Waals surface area (Å²) >= 11 is 1.86. The van der Waals surface area contributed by atoms with Crippen LogP contribution in [-0.4, -0.2) is 24.7 Å². The molecule has 0 amide bonds. The molecule has 1 aromatic heterocycles. The summed E-state index contributed by atoms with van der Waals surface area (Å²) < 4.78 is 5.36. The predicted octanol–water partition coefficient (Wildman–Crippen LogP) is 2.00. The van der Waals surface area contributed by atoms with Crippen molar-refractivity contribution in [1.29, 1.82) is 0 Å². The van der Waals surface area contributed by atoms with Crippen molar-refractivity contribution in [2.75, 3.05) is 19.8 Å². The average Bonchev–Trinajstić information content (AvgIpc) is 2.75. The highest BCUT2D eigenvalue weighted by Gasteiger charge is 2.15. The van der Waals surface area contributed by atoms with Gasteiger partial charge in [0.2, 0.25) is 0 Å². The van der Waals surface area contributed by atoms with E-state index in [0.717, 1.165) is 44.9 Å². The van der Waals surface area contributed by atoms with Crippen LogP contribution in [0.3, 0.4) is 0 Å². The fourth-order valence-corrected chi connectivity index (χ4v) is 3.11. The Labute approximate surface area is 101 Å². The van der Waals surface area contributed by atoms with Crippen LogP contribution in [0.25, 0.3) is 0 Å². The molecule has 2 N–H and O–H groups in total. The number of thiazole rings is 1. The molecule has 2 rings (SSSR count). The maximum Gasteiger partial charge on any atom is 0.0930 e. The maximum atomic E-state index is 5.50. The van der Waals surface area contributed by atoms with Crippen molar-refractivity contribution in [1.82, 2.24) is 4.98 Å². The van der Waals surface area contributed by atoms with Crippen LogP contribution in [0.1, 0.15) is 29.1 Å². The molecule has 0 unspecified atom stereocenters. The van der Waals surface area contributed by atoms with Gasteiger partial charge in [0.1, 0.15) is 0 Å². The zero-order chi connectivity index (χ0) is 11.2. The first-order valence-corrected chi connectivity index (χ1v) is 6.91. The van der Waals surface area contributed by atoms with Crippen molar-refractivity contribution in [3.05, 3.63) is 16.1 Å². The molecule has 0 bridgehead atoms. The molecule has 1 aromatic rings. The van der Waals surface area contributed by atoms with Gasteiger partial charge in [0.05, 0.1) is 5.01 Å². The summed E-state index contributed by atoms with van der Waals surface area (Å²) in [7, 11) is 0. The minimum Gasteiger partial charge on any atom is -0.381 e. The first-order valence-electron chi connectivity index (χ1n) is 6.10. The van der Waals surface area contributed by atoms with E-state index in [0.29, 0.717) is 0 Å². The van der Waals surface area contributed by atoms with E-state index in [9.17, 15) is 0 Å². The van der Waals surface area contributed by atoms with Crippen LogP contribution in [0.4, 0.5) is 0 Å². The Hall–Kier alpha value is -0.450. The first kappa shape index (κ1) is 12.0. The van der Waals surface area contributed by atoms with Gasteiger partial charge in [0.25, 0.3) is 0 Å². The van der Waals surface area contributed by atoms with E-state index < -0.39 is 0 Å². The van der Waals surface area contributed by atoms with Gasteiger partial charge in [-0.15, -0.1) is 11.3 Å². The highest BCUT2D eigenvalue weighted by atomic mass is 32.1. The van der Waals surface area contributed by atoms with Gasteiger partial charge in [-0.3, -0.25) is 0 Å². The van der Waals surface area contributed by atoms with Crippen LogP contribution < -0.4 is 5.73 Å². The SMILES string of the molecule is NCCCc1cnc(CC2CCOCC2)s1. The summed E-state index contributed by atoms with van der Waals surface area (Å²) in [5.41, 5.74) is 5.50. The van der Waals surface area contributed by atoms with Gasteiger partial charge >= 0.3 is 0 Å². The Morgan fingerprint density at radius 2 is 2.25 bits per heavy atom. The van der Waals surface area contributed by atoms with Crippen molar-refractivity contribution in [3.8, 4) is 0 Å². The average molecular weight is 240 g/mol. The van der Waals surface area contributed by atoms with E-state index in [2.05, 4.69) is 4.98 Å². The maximum absolute atomic E-state index is 5.50. The molecular weight excluding hydrogens is 220 g/mol. The minimum absolute atomic E-state index is 0.771. The van der Waals surface area contributed by atoms with E-state index in [4.69, 9.17) is 10.5 Å². The number of hydrogen-bond donors (Lipinski definition) is 1. The largest absolute Gasteiger partial charge is 0.381 e. The first-order chi connectivity index (χ1) is 7.88. The quantitative estimate of drug-likeness (QED) is 0.856. The second-order valence-corrected chi connectivity index (χ2v) is 5.57. The summed E-state index contributed by atoms with van der Waals surface area (Å²) in [5.74, 6) is 0.780. The topological polar surface area (TPSA) is 48.1 Å². The molecule has 0 aromatic carbocycles. The Morgan fingerprint density at radius 1 is 1.44 bits per heavy atom. The van der Waals surface area contributed by atoms with Gasteiger partial charge in [-0.1, -0.05) is 0 Å². The fraction of sp³-hybridized carbons (Fsp3) is 0.750. The number of rotatable bonds is 5. The minimum atomic E-state index is 0.771. The number of nitrogens with two attached hydrogens (primary N) is 1. The molecule has 2 heterocycles. The van der Waals surface area contributed by atoms with Crippen LogP contribution in [0.5, 0.6) is 0 Å². The molecule has 0 radical (unpaired) electrons. The molecule has 0 aliphatic carbocycles. The summed E-state index contributed by atoms with van der Waals surface area (Å²) in [4.78, 5) is 5.88. The molecule has 16 heavy (non-hydrogen) atoms. The normalized spacial score (nSPS) is 17.8. The Bertz CT molecular complexity index is 308. The number of aromatic nitrogens is 1. The smallest absolute Gasteiger partial charge is 0.0930 e. The summed E-state index contributed by atoms with van der Waals surface area (Å²) in [6.07, 6.45) is 7.70. The molecule has 90 valence electrons. The lowest BCUT2D eigenvalue weighted by molar-refractivity contribution is 0.0665.